The Balaban J connectivity index is 2.98. The summed E-state index contributed by atoms with van der Waals surface area (Å²) < 4.78 is 29.4. The molecule has 18 heavy (non-hydrogen) atoms. The number of aromatic nitrogens is 3. The number of esters is 1. The molecule has 8 nitrogen and oxygen atoms in total. The number of hydrogen-bond donors (Lipinski definition) is 1. The minimum absolute atomic E-state index is 0.104. The van der Waals surface area contributed by atoms with Crippen LogP contribution in [0.3, 0.4) is 0 Å². The van der Waals surface area contributed by atoms with Crippen LogP contribution in [0.25, 0.3) is 0 Å². The molecule has 100 valence electrons. The quantitative estimate of drug-likeness (QED) is 0.542. The number of sulfone groups is 1. The highest BCUT2D eigenvalue weighted by Gasteiger charge is 2.27. The summed E-state index contributed by atoms with van der Waals surface area (Å²) in [4.78, 5) is 11.2. The van der Waals surface area contributed by atoms with Crippen molar-refractivity contribution in [1.82, 2.24) is 15.0 Å². The standard InChI is InChI=1S/C9H14N4O4S/c1-3-5-13-8(10)9(11-12-13)18(15,16)6-7(14)17-4-2/h3H,1,4-6,10H2,2H3. The summed E-state index contributed by atoms with van der Waals surface area (Å²) in [5.74, 6) is -1.79. The highest BCUT2D eigenvalue weighted by atomic mass is 32.2. The van der Waals surface area contributed by atoms with Gasteiger partial charge in [0.25, 0.3) is 0 Å². The van der Waals surface area contributed by atoms with Gasteiger partial charge in [0.15, 0.2) is 11.6 Å². The van der Waals surface area contributed by atoms with Crippen LogP contribution >= 0.6 is 0 Å². The van der Waals surface area contributed by atoms with Crippen LogP contribution in [0.5, 0.6) is 0 Å². The zero-order valence-corrected chi connectivity index (χ0v) is 10.7. The summed E-state index contributed by atoms with van der Waals surface area (Å²) in [5, 5.41) is 6.61. The Labute approximate surface area is 104 Å². The van der Waals surface area contributed by atoms with Crippen LogP contribution in [-0.2, 0) is 25.9 Å². The van der Waals surface area contributed by atoms with Gasteiger partial charge in [0.2, 0.25) is 14.9 Å². The maximum atomic E-state index is 11.8. The van der Waals surface area contributed by atoms with E-state index in [4.69, 9.17) is 5.73 Å². The van der Waals surface area contributed by atoms with Crippen LogP contribution in [-0.4, -0.2) is 41.7 Å². The van der Waals surface area contributed by atoms with E-state index in [0.717, 1.165) is 0 Å². The highest BCUT2D eigenvalue weighted by Crippen LogP contribution is 2.16. The lowest BCUT2D eigenvalue weighted by molar-refractivity contribution is -0.139. The molecule has 0 aliphatic rings. The normalized spacial score (nSPS) is 11.2. The number of carbonyl (C=O) groups is 1. The van der Waals surface area contributed by atoms with E-state index >= 15 is 0 Å². The van der Waals surface area contributed by atoms with Crippen molar-refractivity contribution in [3.63, 3.8) is 0 Å². The number of allylic oxidation sites excluding steroid dienone is 1. The fourth-order valence-electron chi connectivity index (χ4n) is 1.21. The maximum Gasteiger partial charge on any atom is 0.321 e. The molecule has 0 spiro atoms. The topological polar surface area (TPSA) is 117 Å². The number of nitrogens with two attached hydrogens (primary N) is 1. The number of anilines is 1. The zero-order valence-electron chi connectivity index (χ0n) is 9.87. The van der Waals surface area contributed by atoms with Gasteiger partial charge in [-0.1, -0.05) is 11.3 Å². The number of rotatable bonds is 6. The predicted molar refractivity (Wildman–Crippen MR) is 63.3 cm³/mol. The fraction of sp³-hybridized carbons (Fsp3) is 0.444. The lowest BCUT2D eigenvalue weighted by Crippen LogP contribution is -2.20. The first-order valence-corrected chi connectivity index (χ1v) is 6.75. The summed E-state index contributed by atoms with van der Waals surface area (Å²) >= 11 is 0. The van der Waals surface area contributed by atoms with Crippen molar-refractivity contribution in [2.24, 2.45) is 0 Å². The predicted octanol–water partition coefficient (Wildman–Crippen LogP) is -0.617. The molecule has 1 rings (SSSR count). The lowest BCUT2D eigenvalue weighted by atomic mass is 10.6. The van der Waals surface area contributed by atoms with Crippen molar-refractivity contribution in [3.8, 4) is 0 Å². The van der Waals surface area contributed by atoms with Crippen molar-refractivity contribution in [2.75, 3.05) is 18.1 Å². The van der Waals surface area contributed by atoms with Crippen LogP contribution in [0, 0.1) is 0 Å². The number of ether oxygens (including phenoxy) is 1. The van der Waals surface area contributed by atoms with Gasteiger partial charge in [-0.3, -0.25) is 4.79 Å². The molecule has 0 bridgehead atoms. The molecule has 0 saturated heterocycles. The highest BCUT2D eigenvalue weighted by molar-refractivity contribution is 7.92. The van der Waals surface area contributed by atoms with Crippen LogP contribution in [0.15, 0.2) is 17.7 Å². The van der Waals surface area contributed by atoms with Gasteiger partial charge in [0.1, 0.15) is 0 Å². The molecule has 0 saturated carbocycles. The summed E-state index contributed by atoms with van der Waals surface area (Å²) in [6, 6.07) is 0. The Morgan fingerprint density at radius 1 is 1.61 bits per heavy atom. The number of nitrogens with zero attached hydrogens (tertiary/aromatic N) is 3. The Hall–Kier alpha value is -1.90. The van der Waals surface area contributed by atoms with E-state index in [-0.39, 0.29) is 19.0 Å². The maximum absolute atomic E-state index is 11.8. The van der Waals surface area contributed by atoms with Gasteiger partial charge in [-0.05, 0) is 6.92 Å². The van der Waals surface area contributed by atoms with Gasteiger partial charge < -0.3 is 10.5 Å². The van der Waals surface area contributed by atoms with Gasteiger partial charge in [-0.25, -0.2) is 13.1 Å². The Morgan fingerprint density at radius 2 is 2.28 bits per heavy atom. The van der Waals surface area contributed by atoms with E-state index in [0.29, 0.717) is 0 Å². The molecule has 0 atom stereocenters. The van der Waals surface area contributed by atoms with Crippen molar-refractivity contribution >= 4 is 21.6 Å². The zero-order chi connectivity index (χ0) is 13.8. The second-order valence-corrected chi connectivity index (χ2v) is 5.22. The van der Waals surface area contributed by atoms with E-state index in [1.807, 2.05) is 0 Å². The summed E-state index contributed by atoms with van der Waals surface area (Å²) in [6.45, 7) is 5.39. The average molecular weight is 274 g/mol. The minimum atomic E-state index is -3.94. The van der Waals surface area contributed by atoms with Crippen molar-refractivity contribution in [3.05, 3.63) is 12.7 Å². The number of carbonyl (C=O) groups excluding carboxylic acids is 1. The molecule has 0 aliphatic carbocycles. The molecule has 2 N–H and O–H groups in total. The first-order chi connectivity index (χ1) is 8.42. The fourth-order valence-corrected chi connectivity index (χ4v) is 2.32. The number of hydrogen-bond acceptors (Lipinski definition) is 7. The molecule has 1 aromatic heterocycles. The first-order valence-electron chi connectivity index (χ1n) is 5.10. The third kappa shape index (κ3) is 3.06. The second kappa shape index (κ2) is 5.63. The monoisotopic (exact) mass is 274 g/mol. The average Bonchev–Trinajstić information content (AvgIpc) is 2.61. The first kappa shape index (κ1) is 14.2. The molecular weight excluding hydrogens is 260 g/mol. The van der Waals surface area contributed by atoms with Crippen LogP contribution in [0.1, 0.15) is 6.92 Å². The van der Waals surface area contributed by atoms with Crippen molar-refractivity contribution < 1.29 is 17.9 Å². The Morgan fingerprint density at radius 3 is 2.83 bits per heavy atom. The van der Waals surface area contributed by atoms with Gasteiger partial charge in [0.05, 0.1) is 13.2 Å². The molecule has 0 aliphatic heterocycles. The lowest BCUT2D eigenvalue weighted by Gasteiger charge is -2.02. The Kier molecular flexibility index (Phi) is 4.43. The molecule has 0 fully saturated rings. The van der Waals surface area contributed by atoms with Crippen molar-refractivity contribution in [1.29, 1.82) is 0 Å². The molecule has 1 heterocycles. The van der Waals surface area contributed by atoms with Gasteiger partial charge in [0, 0.05) is 0 Å². The SMILES string of the molecule is C=CCn1nnc(S(=O)(=O)CC(=O)OCC)c1N. The van der Waals surface area contributed by atoms with E-state index in [9.17, 15) is 13.2 Å². The minimum Gasteiger partial charge on any atom is -0.465 e. The van der Waals surface area contributed by atoms with Gasteiger partial charge in [-0.15, -0.1) is 11.7 Å². The van der Waals surface area contributed by atoms with Crippen LogP contribution < -0.4 is 5.73 Å². The molecular formula is C9H14N4O4S. The van der Waals surface area contributed by atoms with Crippen molar-refractivity contribution in [2.45, 2.75) is 18.5 Å². The summed E-state index contributed by atoms with van der Waals surface area (Å²) in [5.41, 5.74) is 5.58. The summed E-state index contributed by atoms with van der Waals surface area (Å²) in [7, 11) is -3.94. The molecule has 0 aromatic carbocycles. The third-order valence-electron chi connectivity index (χ3n) is 1.95. The van der Waals surface area contributed by atoms with Crippen LogP contribution in [0.2, 0.25) is 0 Å². The van der Waals surface area contributed by atoms with Crippen LogP contribution in [0.4, 0.5) is 5.82 Å². The Bertz CT molecular complexity index is 549. The number of nitrogen functional groups attached to an aromatic ring is 1. The third-order valence-corrected chi connectivity index (χ3v) is 3.45. The van der Waals surface area contributed by atoms with Gasteiger partial charge in [-0.2, -0.15) is 0 Å². The van der Waals surface area contributed by atoms with Gasteiger partial charge >= 0.3 is 5.97 Å². The van der Waals surface area contributed by atoms with E-state index in [1.54, 1.807) is 6.92 Å². The molecule has 0 radical (unpaired) electrons. The largest absolute Gasteiger partial charge is 0.465 e. The molecule has 0 amide bonds. The molecule has 0 unspecified atom stereocenters. The van der Waals surface area contributed by atoms with E-state index in [2.05, 4.69) is 21.6 Å². The smallest absolute Gasteiger partial charge is 0.321 e. The molecule has 1 aromatic rings. The van der Waals surface area contributed by atoms with E-state index < -0.39 is 26.6 Å². The summed E-state index contributed by atoms with van der Waals surface area (Å²) in [6.07, 6.45) is 1.49. The van der Waals surface area contributed by atoms with E-state index in [1.165, 1.54) is 10.8 Å². The molecule has 9 heteroatoms. The second-order valence-electron chi connectivity index (χ2n) is 3.31.